The molecule has 2 aliphatic rings. The number of aromatic nitrogens is 2. The summed E-state index contributed by atoms with van der Waals surface area (Å²) in [4.78, 5) is 12.4. The molecule has 0 atom stereocenters. The van der Waals surface area contributed by atoms with Gasteiger partial charge < -0.3 is 5.32 Å². The lowest BCUT2D eigenvalue weighted by Gasteiger charge is -2.38. The summed E-state index contributed by atoms with van der Waals surface area (Å²) in [6.45, 7) is 5.10. The molecule has 1 aromatic heterocycles. The van der Waals surface area contributed by atoms with Crippen LogP contribution in [0, 0.1) is 11.3 Å². The third-order valence-corrected chi connectivity index (χ3v) is 4.87. The van der Waals surface area contributed by atoms with Gasteiger partial charge in [0.05, 0.1) is 0 Å². The minimum atomic E-state index is -0.275. The highest BCUT2D eigenvalue weighted by Crippen LogP contribution is 2.42. The topological polar surface area (TPSA) is 46.9 Å². The molecule has 104 valence electrons. The molecule has 0 unspecified atom stereocenters. The van der Waals surface area contributed by atoms with Crippen LogP contribution in [0.2, 0.25) is 0 Å². The molecule has 0 spiro atoms. The number of amides is 1. The molecule has 4 nitrogen and oxygen atoms in total. The maximum absolute atomic E-state index is 12.4. The van der Waals surface area contributed by atoms with Crippen LogP contribution in [-0.4, -0.2) is 15.7 Å². The van der Waals surface area contributed by atoms with E-state index in [1.165, 1.54) is 37.8 Å². The SMILES string of the molecule is CC(C)(C(=O)Nc1cc2n(n1)CCCC2)C1CCC1. The fourth-order valence-electron chi connectivity index (χ4n) is 3.07. The van der Waals surface area contributed by atoms with Crippen molar-refractivity contribution in [3.8, 4) is 0 Å². The number of carbonyl (C=O) groups excluding carboxylic acids is 1. The summed E-state index contributed by atoms with van der Waals surface area (Å²) in [5.74, 6) is 1.38. The Labute approximate surface area is 114 Å². The third kappa shape index (κ3) is 2.28. The summed E-state index contributed by atoms with van der Waals surface area (Å²) in [5, 5.41) is 7.51. The predicted octanol–water partition coefficient (Wildman–Crippen LogP) is 2.98. The normalized spacial score (nSPS) is 19.7. The first-order valence-electron chi connectivity index (χ1n) is 7.45. The second-order valence-electron chi connectivity index (χ2n) is 6.50. The number of anilines is 1. The Morgan fingerprint density at radius 3 is 2.79 bits per heavy atom. The van der Waals surface area contributed by atoms with Gasteiger partial charge in [0.2, 0.25) is 5.91 Å². The molecule has 19 heavy (non-hydrogen) atoms. The number of hydrogen-bond acceptors (Lipinski definition) is 2. The Balaban J connectivity index is 1.70. The van der Waals surface area contributed by atoms with E-state index < -0.39 is 0 Å². The predicted molar refractivity (Wildman–Crippen MR) is 74.9 cm³/mol. The number of nitrogens with one attached hydrogen (secondary N) is 1. The van der Waals surface area contributed by atoms with Gasteiger partial charge in [0, 0.05) is 23.7 Å². The molecule has 2 heterocycles. The average Bonchev–Trinajstić information content (AvgIpc) is 2.67. The van der Waals surface area contributed by atoms with Gasteiger partial charge in [-0.2, -0.15) is 5.10 Å². The van der Waals surface area contributed by atoms with Gasteiger partial charge in [-0.1, -0.05) is 20.3 Å². The van der Waals surface area contributed by atoms with Crippen LogP contribution in [-0.2, 0) is 17.8 Å². The molecule has 0 saturated heterocycles. The number of aryl methyl sites for hydroxylation is 2. The maximum atomic E-state index is 12.4. The molecule has 1 aromatic rings. The van der Waals surface area contributed by atoms with E-state index in [9.17, 15) is 4.79 Å². The van der Waals surface area contributed by atoms with Gasteiger partial charge >= 0.3 is 0 Å². The molecule has 1 N–H and O–H groups in total. The van der Waals surface area contributed by atoms with Crippen molar-refractivity contribution in [2.75, 3.05) is 5.32 Å². The molecule has 3 rings (SSSR count). The van der Waals surface area contributed by atoms with Crippen molar-refractivity contribution in [3.63, 3.8) is 0 Å². The van der Waals surface area contributed by atoms with Crippen LogP contribution >= 0.6 is 0 Å². The smallest absolute Gasteiger partial charge is 0.231 e. The summed E-state index contributed by atoms with van der Waals surface area (Å²) >= 11 is 0. The van der Waals surface area contributed by atoms with Crippen molar-refractivity contribution in [2.45, 2.75) is 58.9 Å². The quantitative estimate of drug-likeness (QED) is 0.909. The zero-order valence-corrected chi connectivity index (χ0v) is 11.9. The average molecular weight is 261 g/mol. The Morgan fingerprint density at radius 1 is 1.37 bits per heavy atom. The zero-order valence-electron chi connectivity index (χ0n) is 11.9. The molecule has 0 radical (unpaired) electrons. The zero-order chi connectivity index (χ0) is 13.5. The van der Waals surface area contributed by atoms with Crippen molar-refractivity contribution < 1.29 is 4.79 Å². The Morgan fingerprint density at radius 2 is 2.16 bits per heavy atom. The van der Waals surface area contributed by atoms with Crippen LogP contribution in [0.1, 0.15) is 51.6 Å². The molecule has 0 aromatic carbocycles. The van der Waals surface area contributed by atoms with E-state index in [0.29, 0.717) is 5.92 Å². The molecule has 1 aliphatic heterocycles. The van der Waals surface area contributed by atoms with Crippen LogP contribution < -0.4 is 5.32 Å². The van der Waals surface area contributed by atoms with Crippen molar-refractivity contribution in [3.05, 3.63) is 11.8 Å². The first kappa shape index (κ1) is 12.7. The molecule has 0 bridgehead atoms. The van der Waals surface area contributed by atoms with Gasteiger partial charge in [-0.3, -0.25) is 9.48 Å². The van der Waals surface area contributed by atoms with E-state index in [-0.39, 0.29) is 11.3 Å². The number of nitrogens with zero attached hydrogens (tertiary/aromatic N) is 2. The number of rotatable bonds is 3. The van der Waals surface area contributed by atoms with Gasteiger partial charge in [-0.05, 0) is 38.0 Å². The maximum Gasteiger partial charge on any atom is 0.231 e. The Kier molecular flexibility index (Phi) is 3.11. The summed E-state index contributed by atoms with van der Waals surface area (Å²) in [7, 11) is 0. The van der Waals surface area contributed by atoms with Gasteiger partial charge in [0.25, 0.3) is 0 Å². The van der Waals surface area contributed by atoms with Crippen LogP contribution in [0.25, 0.3) is 0 Å². The highest BCUT2D eigenvalue weighted by atomic mass is 16.2. The van der Waals surface area contributed by atoms with E-state index >= 15 is 0 Å². The standard InChI is InChI=1S/C15H23N3O/c1-15(2,11-6-5-7-11)14(19)16-13-10-12-8-3-4-9-18(12)17-13/h10-11H,3-9H2,1-2H3,(H,16,17,19). The number of hydrogen-bond donors (Lipinski definition) is 1. The van der Waals surface area contributed by atoms with Gasteiger partial charge in [-0.15, -0.1) is 0 Å². The third-order valence-electron chi connectivity index (χ3n) is 4.87. The van der Waals surface area contributed by atoms with Gasteiger partial charge in [0.1, 0.15) is 0 Å². The highest BCUT2D eigenvalue weighted by Gasteiger charge is 2.40. The largest absolute Gasteiger partial charge is 0.309 e. The van der Waals surface area contributed by atoms with E-state index in [1.54, 1.807) is 0 Å². The second-order valence-corrected chi connectivity index (χ2v) is 6.50. The number of carbonyl (C=O) groups is 1. The Bertz CT molecular complexity index is 462. The van der Waals surface area contributed by atoms with E-state index in [0.717, 1.165) is 18.8 Å². The van der Waals surface area contributed by atoms with Crippen molar-refractivity contribution in [2.24, 2.45) is 11.3 Å². The molecule has 1 aliphatic carbocycles. The lowest BCUT2D eigenvalue weighted by atomic mass is 9.67. The molecule has 1 amide bonds. The summed E-state index contributed by atoms with van der Waals surface area (Å²) in [6.07, 6.45) is 7.12. The lowest BCUT2D eigenvalue weighted by molar-refractivity contribution is -0.128. The molecule has 1 saturated carbocycles. The van der Waals surface area contributed by atoms with Crippen LogP contribution in [0.5, 0.6) is 0 Å². The summed E-state index contributed by atoms with van der Waals surface area (Å²) in [6, 6.07) is 2.04. The van der Waals surface area contributed by atoms with Gasteiger partial charge in [-0.25, -0.2) is 0 Å². The monoisotopic (exact) mass is 261 g/mol. The van der Waals surface area contributed by atoms with Crippen LogP contribution in [0.3, 0.4) is 0 Å². The first-order chi connectivity index (χ1) is 9.07. The van der Waals surface area contributed by atoms with E-state index in [1.807, 2.05) is 10.7 Å². The van der Waals surface area contributed by atoms with Crippen molar-refractivity contribution >= 4 is 11.7 Å². The van der Waals surface area contributed by atoms with Crippen molar-refractivity contribution in [1.29, 1.82) is 0 Å². The fraction of sp³-hybridized carbons (Fsp3) is 0.733. The molecular weight excluding hydrogens is 238 g/mol. The van der Waals surface area contributed by atoms with E-state index in [4.69, 9.17) is 0 Å². The molecule has 4 heteroatoms. The number of fused-ring (bicyclic) bond motifs is 1. The highest BCUT2D eigenvalue weighted by molar-refractivity contribution is 5.94. The lowest BCUT2D eigenvalue weighted by Crippen LogP contribution is -2.40. The summed E-state index contributed by atoms with van der Waals surface area (Å²) in [5.41, 5.74) is 0.977. The van der Waals surface area contributed by atoms with E-state index in [2.05, 4.69) is 24.3 Å². The minimum absolute atomic E-state index is 0.118. The molecule has 1 fully saturated rings. The second kappa shape index (κ2) is 4.66. The first-order valence-corrected chi connectivity index (χ1v) is 7.45. The van der Waals surface area contributed by atoms with Gasteiger partial charge in [0.15, 0.2) is 5.82 Å². The van der Waals surface area contributed by atoms with Crippen LogP contribution in [0.15, 0.2) is 6.07 Å². The summed E-state index contributed by atoms with van der Waals surface area (Å²) < 4.78 is 2.04. The fourth-order valence-corrected chi connectivity index (χ4v) is 3.07. The Hall–Kier alpha value is -1.32. The molecular formula is C15H23N3O. The van der Waals surface area contributed by atoms with Crippen LogP contribution in [0.4, 0.5) is 5.82 Å². The minimum Gasteiger partial charge on any atom is -0.309 e. The van der Waals surface area contributed by atoms with Crippen molar-refractivity contribution in [1.82, 2.24) is 9.78 Å².